The molecule has 0 N–H and O–H groups in total. The molecule has 0 aliphatic carbocycles. The third-order valence-corrected chi connectivity index (χ3v) is 3.88. The molecule has 0 fully saturated rings. The first-order chi connectivity index (χ1) is 12.4. The normalized spacial score (nSPS) is 11.0. The van der Waals surface area contributed by atoms with Gasteiger partial charge in [-0.1, -0.05) is 35.3 Å². The van der Waals surface area contributed by atoms with Crippen LogP contribution in [0.15, 0.2) is 48.7 Å². The lowest BCUT2D eigenvalue weighted by molar-refractivity contribution is -0.400. The van der Waals surface area contributed by atoms with Crippen molar-refractivity contribution < 1.29 is 19.2 Å². The third kappa shape index (κ3) is 5.61. The molecule has 6 nitrogen and oxygen atoms in total. The van der Waals surface area contributed by atoms with E-state index >= 15 is 0 Å². The summed E-state index contributed by atoms with van der Waals surface area (Å²) in [5.74, 6) is -0.163. The van der Waals surface area contributed by atoms with Crippen LogP contribution < -0.4 is 9.47 Å². The van der Waals surface area contributed by atoms with E-state index in [0.29, 0.717) is 21.2 Å². The highest BCUT2D eigenvalue weighted by atomic mass is 35.5. The van der Waals surface area contributed by atoms with Crippen LogP contribution in [0.1, 0.15) is 11.1 Å². The number of nitro groups is 1. The molecule has 134 valence electrons. The van der Waals surface area contributed by atoms with Gasteiger partial charge < -0.3 is 9.47 Å². The Morgan fingerprint density at radius 3 is 2.38 bits per heavy atom. The van der Waals surface area contributed by atoms with E-state index in [1.807, 2.05) is 0 Å². The number of methoxy groups -OCH3 is 1. The Morgan fingerprint density at radius 1 is 1.04 bits per heavy atom. The van der Waals surface area contributed by atoms with Gasteiger partial charge in [0, 0.05) is 12.2 Å². The number of halogens is 2. The SMILES string of the molecule is COc1cc(/C=C/[N+](=O)[O-])ccc1OC(=O)/C=C/c1ccc(Cl)c(Cl)c1. The molecule has 0 bridgehead atoms. The van der Waals surface area contributed by atoms with E-state index in [9.17, 15) is 14.9 Å². The number of ether oxygens (including phenoxy) is 2. The van der Waals surface area contributed by atoms with Gasteiger partial charge in [0.25, 0.3) is 0 Å². The second-order valence-corrected chi connectivity index (χ2v) is 5.75. The fraction of sp³-hybridized carbons (Fsp3) is 0.0556. The monoisotopic (exact) mass is 393 g/mol. The first kappa shape index (κ1) is 19.5. The average molecular weight is 394 g/mol. The summed E-state index contributed by atoms with van der Waals surface area (Å²) in [4.78, 5) is 21.8. The molecule has 26 heavy (non-hydrogen) atoms. The van der Waals surface area contributed by atoms with Gasteiger partial charge in [0.1, 0.15) is 0 Å². The van der Waals surface area contributed by atoms with Gasteiger partial charge in [0.15, 0.2) is 11.5 Å². The van der Waals surface area contributed by atoms with Gasteiger partial charge in [-0.3, -0.25) is 10.1 Å². The molecule has 0 aliphatic rings. The molecule has 2 aromatic carbocycles. The first-order valence-electron chi connectivity index (χ1n) is 7.23. The number of rotatable bonds is 6. The van der Waals surface area contributed by atoms with Gasteiger partial charge >= 0.3 is 5.97 Å². The Balaban J connectivity index is 2.11. The van der Waals surface area contributed by atoms with Crippen LogP contribution in [0, 0.1) is 10.1 Å². The Bertz CT molecular complexity index is 893. The molecule has 2 aromatic rings. The molecule has 0 atom stereocenters. The molecular weight excluding hydrogens is 381 g/mol. The standard InChI is InChI=1S/C18H13Cl2NO5/c1-25-17-11-13(8-9-21(23)24)3-6-16(17)26-18(22)7-4-12-2-5-14(19)15(20)10-12/h2-11H,1H3/b7-4+,9-8+. The first-order valence-corrected chi connectivity index (χ1v) is 7.99. The van der Waals surface area contributed by atoms with Crippen LogP contribution in [0.2, 0.25) is 10.0 Å². The van der Waals surface area contributed by atoms with Gasteiger partial charge in [-0.25, -0.2) is 4.79 Å². The zero-order valence-corrected chi connectivity index (χ0v) is 15.0. The summed E-state index contributed by atoms with van der Waals surface area (Å²) in [7, 11) is 1.40. The van der Waals surface area contributed by atoms with Gasteiger partial charge in [-0.15, -0.1) is 0 Å². The summed E-state index contributed by atoms with van der Waals surface area (Å²) in [6.07, 6.45) is 4.88. The third-order valence-electron chi connectivity index (χ3n) is 3.14. The van der Waals surface area contributed by atoms with Crippen molar-refractivity contribution in [2.45, 2.75) is 0 Å². The minimum Gasteiger partial charge on any atom is -0.493 e. The lowest BCUT2D eigenvalue weighted by Crippen LogP contribution is -2.05. The second-order valence-electron chi connectivity index (χ2n) is 4.94. The van der Waals surface area contributed by atoms with Crippen molar-refractivity contribution in [2.24, 2.45) is 0 Å². The maximum Gasteiger partial charge on any atom is 0.336 e. The predicted molar refractivity (Wildman–Crippen MR) is 100 cm³/mol. The van der Waals surface area contributed by atoms with Crippen molar-refractivity contribution in [3.63, 3.8) is 0 Å². The van der Waals surface area contributed by atoms with Crippen LogP contribution in [-0.2, 0) is 4.79 Å². The molecule has 0 unspecified atom stereocenters. The quantitative estimate of drug-likeness (QED) is 0.230. The summed E-state index contributed by atoms with van der Waals surface area (Å²) in [5.41, 5.74) is 1.22. The molecule has 8 heteroatoms. The second kappa shape index (κ2) is 9.03. The molecule has 0 saturated carbocycles. The van der Waals surface area contributed by atoms with E-state index in [-0.39, 0.29) is 11.5 Å². The Labute approximate surface area is 159 Å². The number of nitrogens with zero attached hydrogens (tertiary/aromatic N) is 1. The van der Waals surface area contributed by atoms with E-state index < -0.39 is 10.9 Å². The highest BCUT2D eigenvalue weighted by molar-refractivity contribution is 6.42. The lowest BCUT2D eigenvalue weighted by atomic mass is 10.2. The van der Waals surface area contributed by atoms with E-state index in [1.165, 1.54) is 37.5 Å². The number of benzene rings is 2. The molecule has 0 spiro atoms. The zero-order valence-electron chi connectivity index (χ0n) is 13.5. The topological polar surface area (TPSA) is 78.7 Å². The number of carbonyl (C=O) groups is 1. The predicted octanol–water partition coefficient (Wildman–Crippen LogP) is 4.87. The number of carbonyl (C=O) groups excluding carboxylic acids is 1. The Kier molecular flexibility index (Phi) is 6.77. The molecule has 0 radical (unpaired) electrons. The summed E-state index contributed by atoms with van der Waals surface area (Å²) < 4.78 is 10.4. The highest BCUT2D eigenvalue weighted by Crippen LogP contribution is 2.29. The lowest BCUT2D eigenvalue weighted by Gasteiger charge is -2.08. The van der Waals surface area contributed by atoms with Crippen molar-refractivity contribution in [2.75, 3.05) is 7.11 Å². The van der Waals surface area contributed by atoms with Crippen molar-refractivity contribution in [3.05, 3.63) is 80.0 Å². The molecule has 0 amide bonds. The van der Waals surface area contributed by atoms with Gasteiger partial charge in [-0.05, 0) is 41.5 Å². The molecule has 0 heterocycles. The van der Waals surface area contributed by atoms with Crippen molar-refractivity contribution in [3.8, 4) is 11.5 Å². The number of esters is 1. The number of hydrogen-bond acceptors (Lipinski definition) is 5. The average Bonchev–Trinajstić information content (AvgIpc) is 2.61. The Morgan fingerprint density at radius 2 is 1.73 bits per heavy atom. The Hall–Kier alpha value is -2.83. The van der Waals surface area contributed by atoms with E-state index in [1.54, 1.807) is 24.3 Å². The maximum atomic E-state index is 12.0. The van der Waals surface area contributed by atoms with Crippen molar-refractivity contribution in [1.29, 1.82) is 0 Å². The van der Waals surface area contributed by atoms with Crippen molar-refractivity contribution >= 4 is 41.3 Å². The van der Waals surface area contributed by atoms with Gasteiger partial charge in [0.05, 0.1) is 22.1 Å². The largest absolute Gasteiger partial charge is 0.493 e. The van der Waals surface area contributed by atoms with E-state index in [0.717, 1.165) is 6.20 Å². The fourth-order valence-electron chi connectivity index (χ4n) is 1.94. The maximum absolute atomic E-state index is 12.0. The molecular formula is C18H13Cl2NO5. The van der Waals surface area contributed by atoms with Gasteiger partial charge in [0.2, 0.25) is 6.20 Å². The van der Waals surface area contributed by atoms with Crippen LogP contribution >= 0.6 is 23.2 Å². The fourth-order valence-corrected chi connectivity index (χ4v) is 2.25. The zero-order chi connectivity index (χ0) is 19.1. The highest BCUT2D eigenvalue weighted by Gasteiger charge is 2.09. The molecule has 2 rings (SSSR count). The van der Waals surface area contributed by atoms with Crippen LogP contribution in [0.5, 0.6) is 11.5 Å². The number of hydrogen-bond donors (Lipinski definition) is 0. The van der Waals surface area contributed by atoms with E-state index in [2.05, 4.69) is 0 Å². The molecule has 0 saturated heterocycles. The van der Waals surface area contributed by atoms with E-state index in [4.69, 9.17) is 32.7 Å². The minimum atomic E-state index is -0.622. The van der Waals surface area contributed by atoms with Crippen LogP contribution in [0.3, 0.4) is 0 Å². The van der Waals surface area contributed by atoms with Crippen LogP contribution in [0.4, 0.5) is 0 Å². The summed E-state index contributed by atoms with van der Waals surface area (Å²) in [6.45, 7) is 0. The van der Waals surface area contributed by atoms with Crippen LogP contribution in [0.25, 0.3) is 12.2 Å². The van der Waals surface area contributed by atoms with Gasteiger partial charge in [-0.2, -0.15) is 0 Å². The minimum absolute atomic E-state index is 0.189. The van der Waals surface area contributed by atoms with Crippen molar-refractivity contribution in [1.82, 2.24) is 0 Å². The smallest absolute Gasteiger partial charge is 0.336 e. The summed E-state index contributed by atoms with van der Waals surface area (Å²) in [5, 5.41) is 11.2. The van der Waals surface area contributed by atoms with Crippen LogP contribution in [-0.4, -0.2) is 18.0 Å². The summed E-state index contributed by atoms with van der Waals surface area (Å²) in [6, 6.07) is 9.51. The summed E-state index contributed by atoms with van der Waals surface area (Å²) >= 11 is 11.7. The molecule has 0 aromatic heterocycles. The molecule has 0 aliphatic heterocycles.